The van der Waals surface area contributed by atoms with Crippen LogP contribution in [0.5, 0.6) is 0 Å². The Bertz CT molecular complexity index is 590. The van der Waals surface area contributed by atoms with E-state index in [1.165, 1.54) is 11.3 Å². The smallest absolute Gasteiger partial charge is 0.317 e. The summed E-state index contributed by atoms with van der Waals surface area (Å²) in [6, 6.07) is 0.173. The van der Waals surface area contributed by atoms with Gasteiger partial charge in [-0.25, -0.2) is 4.79 Å². The molecule has 1 fully saturated rings. The van der Waals surface area contributed by atoms with Gasteiger partial charge in [-0.1, -0.05) is 55.4 Å². The van der Waals surface area contributed by atoms with Gasteiger partial charge in [0, 0.05) is 31.2 Å². The van der Waals surface area contributed by atoms with Crippen molar-refractivity contribution in [3.8, 4) is 0 Å². The first-order valence-electron chi connectivity index (χ1n) is 9.44. The zero-order chi connectivity index (χ0) is 19.2. The Morgan fingerprint density at radius 1 is 1.12 bits per heavy atom. The van der Waals surface area contributed by atoms with Crippen LogP contribution in [-0.4, -0.2) is 54.4 Å². The quantitative estimate of drug-likeness (QED) is 0.785. The van der Waals surface area contributed by atoms with Crippen molar-refractivity contribution >= 4 is 11.9 Å². The normalized spacial score (nSPS) is 22.2. The minimum absolute atomic E-state index is 0.00123. The number of nitrogens with one attached hydrogen (secondary N) is 1. The average Bonchev–Trinajstić information content (AvgIpc) is 2.49. The van der Waals surface area contributed by atoms with E-state index < -0.39 is 0 Å². The molecule has 0 radical (unpaired) electrons. The lowest BCUT2D eigenvalue weighted by Crippen LogP contribution is -2.57. The molecular formula is C20H36N4O. The molecule has 5 heteroatoms. The number of amides is 2. The highest BCUT2D eigenvalue weighted by atomic mass is 16.2. The summed E-state index contributed by atoms with van der Waals surface area (Å²) in [5.41, 5.74) is 2.66. The second-order valence-electron chi connectivity index (χ2n) is 9.63. The summed E-state index contributed by atoms with van der Waals surface area (Å²) in [5, 5.41) is 2.77. The molecule has 2 aliphatic heterocycles. The number of urea groups is 1. The fraction of sp³-hybridized carbons (Fsp3) is 0.800. The van der Waals surface area contributed by atoms with Crippen LogP contribution >= 0.6 is 0 Å². The molecule has 2 amide bonds. The zero-order valence-electron chi connectivity index (χ0n) is 17.5. The maximum absolute atomic E-state index is 12.2. The molecule has 25 heavy (non-hydrogen) atoms. The Kier molecular flexibility index (Phi) is 5.27. The molecule has 1 saturated heterocycles. The number of aliphatic imine (C=N–C) groups is 1. The first-order valence-corrected chi connectivity index (χ1v) is 9.44. The standard InChI is InChI=1S/C20H36N4O/c1-13(2)16-15(19(3,4)5)14-12-23(18(25)21-9)10-11-24(14)17(22-16)20(6,7)8/h13,16H,10-12H2,1-9H3,(H,21,25)/t16-/m0/s1. The molecule has 0 bridgehead atoms. The predicted molar refractivity (Wildman–Crippen MR) is 105 cm³/mol. The molecular weight excluding hydrogens is 312 g/mol. The number of carbonyl (C=O) groups is 1. The van der Waals surface area contributed by atoms with Gasteiger partial charge in [0.05, 0.1) is 12.6 Å². The Balaban J connectivity index is 2.60. The van der Waals surface area contributed by atoms with Crippen LogP contribution < -0.4 is 5.32 Å². The molecule has 0 aromatic rings. The van der Waals surface area contributed by atoms with Gasteiger partial charge in [-0.3, -0.25) is 4.99 Å². The van der Waals surface area contributed by atoms with Gasteiger partial charge >= 0.3 is 6.03 Å². The summed E-state index contributed by atoms with van der Waals surface area (Å²) >= 11 is 0. The van der Waals surface area contributed by atoms with Crippen molar-refractivity contribution in [3.63, 3.8) is 0 Å². The van der Waals surface area contributed by atoms with E-state index in [1.807, 2.05) is 4.90 Å². The lowest BCUT2D eigenvalue weighted by molar-refractivity contribution is 0.179. The van der Waals surface area contributed by atoms with Gasteiger partial charge in [0.15, 0.2) is 0 Å². The van der Waals surface area contributed by atoms with Crippen molar-refractivity contribution in [2.45, 2.75) is 61.4 Å². The van der Waals surface area contributed by atoms with Crippen LogP contribution in [0.3, 0.4) is 0 Å². The highest BCUT2D eigenvalue weighted by Gasteiger charge is 2.42. The van der Waals surface area contributed by atoms with Gasteiger partial charge in [-0.05, 0) is 16.9 Å². The van der Waals surface area contributed by atoms with E-state index in [1.54, 1.807) is 7.05 Å². The molecule has 2 rings (SSSR count). The zero-order valence-corrected chi connectivity index (χ0v) is 17.5. The Hall–Kier alpha value is -1.52. The fourth-order valence-electron chi connectivity index (χ4n) is 3.89. The van der Waals surface area contributed by atoms with Crippen molar-refractivity contribution < 1.29 is 4.79 Å². The number of piperazine rings is 1. The van der Waals surface area contributed by atoms with Crippen LogP contribution in [0.1, 0.15) is 55.4 Å². The van der Waals surface area contributed by atoms with Gasteiger partial charge in [0.1, 0.15) is 5.84 Å². The van der Waals surface area contributed by atoms with Crippen molar-refractivity contribution in [1.29, 1.82) is 0 Å². The van der Waals surface area contributed by atoms with Gasteiger partial charge in [0.25, 0.3) is 0 Å². The van der Waals surface area contributed by atoms with Crippen LogP contribution in [0, 0.1) is 16.7 Å². The summed E-state index contributed by atoms with van der Waals surface area (Å²) in [6.45, 7) is 20.2. The number of fused-ring (bicyclic) bond motifs is 1. The molecule has 2 heterocycles. The number of hydrogen-bond acceptors (Lipinski definition) is 3. The van der Waals surface area contributed by atoms with Crippen LogP contribution in [0.2, 0.25) is 0 Å². The topological polar surface area (TPSA) is 47.9 Å². The predicted octanol–water partition coefficient (Wildman–Crippen LogP) is 3.73. The molecule has 1 atom stereocenters. The van der Waals surface area contributed by atoms with Crippen LogP contribution in [0.25, 0.3) is 0 Å². The minimum Gasteiger partial charge on any atom is -0.341 e. The lowest BCUT2D eigenvalue weighted by Gasteiger charge is -2.49. The maximum atomic E-state index is 12.2. The third-order valence-corrected chi connectivity index (χ3v) is 5.00. The summed E-state index contributed by atoms with van der Waals surface area (Å²) in [6.07, 6.45) is 0. The average molecular weight is 349 g/mol. The number of nitrogens with zero attached hydrogens (tertiary/aromatic N) is 3. The first-order chi connectivity index (χ1) is 11.4. The third-order valence-electron chi connectivity index (χ3n) is 5.00. The maximum Gasteiger partial charge on any atom is 0.317 e. The Morgan fingerprint density at radius 2 is 1.72 bits per heavy atom. The van der Waals surface area contributed by atoms with Gasteiger partial charge in [-0.2, -0.15) is 0 Å². The van der Waals surface area contributed by atoms with E-state index in [0.717, 1.165) is 18.9 Å². The molecule has 5 nitrogen and oxygen atoms in total. The van der Waals surface area contributed by atoms with Crippen molar-refractivity contribution in [2.24, 2.45) is 21.7 Å². The van der Waals surface area contributed by atoms with Gasteiger partial charge in [-0.15, -0.1) is 0 Å². The number of carbonyl (C=O) groups excluding carboxylic acids is 1. The second kappa shape index (κ2) is 6.65. The largest absolute Gasteiger partial charge is 0.341 e. The molecule has 0 aromatic carbocycles. The molecule has 0 unspecified atom stereocenters. The molecule has 0 aliphatic carbocycles. The fourth-order valence-corrected chi connectivity index (χ4v) is 3.89. The first kappa shape index (κ1) is 19.8. The van der Waals surface area contributed by atoms with Crippen LogP contribution in [-0.2, 0) is 0 Å². The number of amidine groups is 1. The minimum atomic E-state index is -0.0169. The van der Waals surface area contributed by atoms with Gasteiger partial charge in [0.2, 0.25) is 0 Å². The molecule has 0 spiro atoms. The SMILES string of the molecule is CNC(=O)N1CCN2C(C(C)(C)C)=N[C@@H](C(C)C)C(C(C)(C)C)=C2C1. The summed E-state index contributed by atoms with van der Waals surface area (Å²) in [7, 11) is 1.70. The number of rotatable bonds is 1. The van der Waals surface area contributed by atoms with Gasteiger partial charge < -0.3 is 15.1 Å². The van der Waals surface area contributed by atoms with E-state index in [9.17, 15) is 4.79 Å². The summed E-state index contributed by atoms with van der Waals surface area (Å²) in [4.78, 5) is 21.8. The molecule has 0 saturated carbocycles. The van der Waals surface area contributed by atoms with E-state index in [0.29, 0.717) is 12.5 Å². The van der Waals surface area contributed by atoms with E-state index in [2.05, 4.69) is 65.6 Å². The summed E-state index contributed by atoms with van der Waals surface area (Å²) < 4.78 is 0. The Labute approximate surface area is 153 Å². The lowest BCUT2D eigenvalue weighted by atomic mass is 9.75. The van der Waals surface area contributed by atoms with Crippen molar-refractivity contribution in [1.82, 2.24) is 15.1 Å². The Morgan fingerprint density at radius 3 is 2.16 bits per heavy atom. The van der Waals surface area contributed by atoms with Crippen LogP contribution in [0.4, 0.5) is 4.79 Å². The monoisotopic (exact) mass is 348 g/mol. The van der Waals surface area contributed by atoms with Crippen LogP contribution in [0.15, 0.2) is 16.3 Å². The summed E-state index contributed by atoms with van der Waals surface area (Å²) in [5.74, 6) is 1.59. The highest BCUT2D eigenvalue weighted by Crippen LogP contribution is 2.42. The molecule has 0 aromatic heterocycles. The van der Waals surface area contributed by atoms with E-state index >= 15 is 0 Å². The van der Waals surface area contributed by atoms with E-state index in [4.69, 9.17) is 4.99 Å². The molecule has 2 aliphatic rings. The molecule has 142 valence electrons. The third kappa shape index (κ3) is 3.85. The second-order valence-corrected chi connectivity index (χ2v) is 9.63. The van der Waals surface area contributed by atoms with Crippen molar-refractivity contribution in [3.05, 3.63) is 11.3 Å². The van der Waals surface area contributed by atoms with Crippen molar-refractivity contribution in [2.75, 3.05) is 26.7 Å². The number of hydrogen-bond donors (Lipinski definition) is 1. The molecule has 1 N–H and O–H groups in total. The highest BCUT2D eigenvalue weighted by molar-refractivity contribution is 5.90. The van der Waals surface area contributed by atoms with E-state index in [-0.39, 0.29) is 22.9 Å².